The Labute approximate surface area is 170 Å². The number of rotatable bonds is 5. The van der Waals surface area contributed by atoms with Gasteiger partial charge in [-0.05, 0) is 43.7 Å². The van der Waals surface area contributed by atoms with Gasteiger partial charge in [-0.2, -0.15) is 0 Å². The van der Waals surface area contributed by atoms with Crippen molar-refractivity contribution in [3.63, 3.8) is 0 Å². The first-order chi connectivity index (χ1) is 14.2. The van der Waals surface area contributed by atoms with Crippen LogP contribution >= 0.6 is 11.3 Å². The van der Waals surface area contributed by atoms with E-state index in [0.29, 0.717) is 5.82 Å². The maximum atomic E-state index is 5.82. The summed E-state index contributed by atoms with van der Waals surface area (Å²) in [7, 11) is 1.64. The van der Waals surface area contributed by atoms with Gasteiger partial charge in [0.1, 0.15) is 24.4 Å². The predicted molar refractivity (Wildman–Crippen MR) is 110 cm³/mol. The monoisotopic (exact) mass is 406 g/mol. The van der Waals surface area contributed by atoms with Gasteiger partial charge >= 0.3 is 0 Å². The number of fused-ring (bicyclic) bond motifs is 3. The van der Waals surface area contributed by atoms with E-state index >= 15 is 0 Å². The smallest absolute Gasteiger partial charge is 0.195 e. The average molecular weight is 406 g/mol. The van der Waals surface area contributed by atoms with Gasteiger partial charge in [-0.3, -0.25) is 4.57 Å². The van der Waals surface area contributed by atoms with Crippen molar-refractivity contribution < 1.29 is 9.47 Å². The number of aryl methyl sites for hydroxylation is 1. The summed E-state index contributed by atoms with van der Waals surface area (Å²) >= 11 is 1.58. The first-order valence-electron chi connectivity index (χ1n) is 9.04. The molecule has 9 heteroatoms. The van der Waals surface area contributed by atoms with Crippen molar-refractivity contribution in [1.82, 2.24) is 29.1 Å². The number of hydrogen-bond acceptors (Lipinski definition) is 7. The molecule has 0 aliphatic heterocycles. The van der Waals surface area contributed by atoms with Gasteiger partial charge in [0.15, 0.2) is 22.3 Å². The number of methoxy groups -OCH3 is 1. The fourth-order valence-electron chi connectivity index (χ4n) is 3.35. The first-order valence-corrected chi connectivity index (χ1v) is 9.92. The van der Waals surface area contributed by atoms with Gasteiger partial charge in [0.05, 0.1) is 12.5 Å². The van der Waals surface area contributed by atoms with Crippen molar-refractivity contribution in [2.75, 3.05) is 7.11 Å². The number of benzene rings is 1. The lowest BCUT2D eigenvalue weighted by Gasteiger charge is -2.04. The highest BCUT2D eigenvalue weighted by Crippen LogP contribution is 2.30. The minimum atomic E-state index is 0.265. The number of aromatic nitrogens is 6. The lowest BCUT2D eigenvalue weighted by atomic mass is 10.2. The third-order valence-electron chi connectivity index (χ3n) is 4.91. The molecule has 0 spiro atoms. The van der Waals surface area contributed by atoms with Gasteiger partial charge in [-0.15, -0.1) is 16.4 Å². The van der Waals surface area contributed by atoms with Gasteiger partial charge < -0.3 is 9.47 Å². The van der Waals surface area contributed by atoms with E-state index in [4.69, 9.17) is 14.5 Å². The van der Waals surface area contributed by atoms with Crippen molar-refractivity contribution in [2.24, 2.45) is 0 Å². The topological polar surface area (TPSA) is 79.4 Å². The SMILES string of the molecule is COc1ccc(OCc2nc3c4c(C)c(C)n(-c5nccs5)c4ncn3n2)cc1. The molecule has 1 aromatic carbocycles. The van der Waals surface area contributed by atoms with E-state index in [1.54, 1.807) is 35.5 Å². The summed E-state index contributed by atoms with van der Waals surface area (Å²) in [6.45, 7) is 4.41. The number of thiazole rings is 1. The van der Waals surface area contributed by atoms with Crippen molar-refractivity contribution in [3.8, 4) is 16.6 Å². The van der Waals surface area contributed by atoms with E-state index < -0.39 is 0 Å². The predicted octanol–water partition coefficient (Wildman–Crippen LogP) is 3.73. The summed E-state index contributed by atoms with van der Waals surface area (Å²) in [6, 6.07) is 7.42. The summed E-state index contributed by atoms with van der Waals surface area (Å²) in [4.78, 5) is 13.8. The van der Waals surface area contributed by atoms with Gasteiger partial charge in [0, 0.05) is 17.3 Å². The Kier molecular flexibility index (Phi) is 4.17. The molecule has 146 valence electrons. The molecule has 0 saturated carbocycles. The standard InChI is InChI=1S/C20H18N6O2S/c1-12-13(2)26(20-21-8-9-29-20)18-17(12)19-23-16(24-25(19)11-22-18)10-28-15-6-4-14(27-3)5-7-15/h4-9,11H,10H2,1-3H3. The van der Waals surface area contributed by atoms with E-state index in [9.17, 15) is 0 Å². The zero-order valence-corrected chi connectivity index (χ0v) is 17.0. The summed E-state index contributed by atoms with van der Waals surface area (Å²) in [6.07, 6.45) is 3.48. The molecule has 4 aromatic heterocycles. The zero-order chi connectivity index (χ0) is 20.0. The van der Waals surface area contributed by atoms with Crippen LogP contribution < -0.4 is 9.47 Å². The van der Waals surface area contributed by atoms with E-state index in [-0.39, 0.29) is 6.61 Å². The fraction of sp³-hybridized carbons (Fsp3) is 0.200. The van der Waals surface area contributed by atoms with Gasteiger partial charge in [-0.1, -0.05) is 0 Å². The molecule has 0 N–H and O–H groups in total. The summed E-state index contributed by atoms with van der Waals surface area (Å²) in [5.74, 6) is 2.11. The molecule has 0 radical (unpaired) electrons. The molecular weight excluding hydrogens is 388 g/mol. The zero-order valence-electron chi connectivity index (χ0n) is 16.2. The molecule has 0 amide bonds. The lowest BCUT2D eigenvalue weighted by molar-refractivity contribution is 0.295. The van der Waals surface area contributed by atoms with E-state index in [2.05, 4.69) is 33.5 Å². The molecule has 0 fully saturated rings. The maximum absolute atomic E-state index is 5.82. The minimum absolute atomic E-state index is 0.265. The van der Waals surface area contributed by atoms with Crippen LogP contribution in [0.5, 0.6) is 11.5 Å². The molecule has 0 atom stereocenters. The molecule has 4 heterocycles. The Morgan fingerprint density at radius 1 is 1.03 bits per heavy atom. The van der Waals surface area contributed by atoms with Crippen molar-refractivity contribution in [2.45, 2.75) is 20.5 Å². The second kappa shape index (κ2) is 6.85. The van der Waals surface area contributed by atoms with E-state index in [1.165, 1.54) is 0 Å². The van der Waals surface area contributed by atoms with Crippen molar-refractivity contribution in [3.05, 3.63) is 59.3 Å². The third kappa shape index (κ3) is 2.90. The molecule has 29 heavy (non-hydrogen) atoms. The van der Waals surface area contributed by atoms with Crippen LogP contribution in [-0.4, -0.2) is 36.2 Å². The molecular formula is C20H18N6O2S. The first kappa shape index (κ1) is 17.6. The Morgan fingerprint density at radius 3 is 2.55 bits per heavy atom. The van der Waals surface area contributed by atoms with Gasteiger partial charge in [0.2, 0.25) is 0 Å². The van der Waals surface area contributed by atoms with Gasteiger partial charge in [-0.25, -0.2) is 19.5 Å². The van der Waals surface area contributed by atoms with Crippen LogP contribution in [0.25, 0.3) is 21.8 Å². The van der Waals surface area contributed by atoms with Crippen LogP contribution in [0.1, 0.15) is 17.1 Å². The van der Waals surface area contributed by atoms with Crippen LogP contribution in [0.2, 0.25) is 0 Å². The quantitative estimate of drug-likeness (QED) is 0.442. The summed E-state index contributed by atoms with van der Waals surface area (Å²) in [5.41, 5.74) is 3.80. The summed E-state index contributed by atoms with van der Waals surface area (Å²) in [5, 5.41) is 8.35. The molecule has 0 aliphatic rings. The Balaban J connectivity index is 1.53. The maximum Gasteiger partial charge on any atom is 0.195 e. The number of hydrogen-bond donors (Lipinski definition) is 0. The summed E-state index contributed by atoms with van der Waals surface area (Å²) < 4.78 is 14.8. The number of nitrogens with zero attached hydrogens (tertiary/aromatic N) is 6. The van der Waals surface area contributed by atoms with Crippen molar-refractivity contribution in [1.29, 1.82) is 0 Å². The molecule has 5 rings (SSSR count). The Morgan fingerprint density at radius 2 is 1.83 bits per heavy atom. The second-order valence-corrected chi connectivity index (χ2v) is 7.44. The van der Waals surface area contributed by atoms with Crippen molar-refractivity contribution >= 4 is 28.0 Å². The third-order valence-corrected chi connectivity index (χ3v) is 5.67. The Bertz CT molecular complexity index is 1310. The van der Waals surface area contributed by atoms with Crippen LogP contribution in [-0.2, 0) is 6.61 Å². The van der Waals surface area contributed by atoms with E-state index in [1.807, 2.05) is 29.6 Å². The highest BCUT2D eigenvalue weighted by molar-refractivity contribution is 7.12. The molecule has 0 aliphatic carbocycles. The fourth-order valence-corrected chi connectivity index (χ4v) is 4.04. The van der Waals surface area contributed by atoms with Gasteiger partial charge in [0.25, 0.3) is 0 Å². The largest absolute Gasteiger partial charge is 0.497 e. The lowest BCUT2D eigenvalue weighted by Crippen LogP contribution is -1.99. The number of ether oxygens (including phenoxy) is 2. The minimum Gasteiger partial charge on any atom is -0.497 e. The Hall–Kier alpha value is -3.46. The highest BCUT2D eigenvalue weighted by atomic mass is 32.1. The van der Waals surface area contributed by atoms with Crippen LogP contribution in [0.4, 0.5) is 0 Å². The second-order valence-electron chi connectivity index (χ2n) is 6.56. The van der Waals surface area contributed by atoms with Crippen LogP contribution in [0.15, 0.2) is 42.2 Å². The normalized spacial score (nSPS) is 11.4. The van der Waals surface area contributed by atoms with Crippen LogP contribution in [0.3, 0.4) is 0 Å². The molecule has 0 unspecified atom stereocenters. The molecule has 5 aromatic rings. The molecule has 0 saturated heterocycles. The highest BCUT2D eigenvalue weighted by Gasteiger charge is 2.20. The van der Waals surface area contributed by atoms with Crippen LogP contribution in [0, 0.1) is 13.8 Å². The molecule has 8 nitrogen and oxygen atoms in total. The molecule has 0 bridgehead atoms. The average Bonchev–Trinajstić information content (AvgIpc) is 3.46. The van der Waals surface area contributed by atoms with E-state index in [0.717, 1.165) is 44.6 Å².